The molecule has 0 aliphatic rings. The quantitative estimate of drug-likeness (QED) is 0.771. The fraction of sp³-hybridized carbons (Fsp3) is 0.429. The Morgan fingerprint density at radius 1 is 1.25 bits per heavy atom. The molecule has 0 aliphatic carbocycles. The summed E-state index contributed by atoms with van der Waals surface area (Å²) in [7, 11) is 3.27. The number of para-hydroxylation sites is 2. The molecule has 0 aromatic heterocycles. The predicted octanol–water partition coefficient (Wildman–Crippen LogP) is 0.702. The Hall–Kier alpha value is -2.08. The molecule has 110 valence electrons. The van der Waals surface area contributed by atoms with Gasteiger partial charge >= 0.3 is 0 Å². The van der Waals surface area contributed by atoms with Crippen molar-refractivity contribution in [1.82, 2.24) is 10.2 Å². The number of carbonyl (C=O) groups excluding carboxylic acids is 2. The topological polar surface area (TPSA) is 70.7 Å². The van der Waals surface area contributed by atoms with E-state index in [0.717, 1.165) is 0 Å². The molecule has 0 unspecified atom stereocenters. The smallest absolute Gasteiger partial charge is 0.238 e. The number of rotatable bonds is 7. The number of anilines is 1. The number of nitrogens with one attached hydrogen (secondary N) is 2. The Bertz CT molecular complexity index is 463. The summed E-state index contributed by atoms with van der Waals surface area (Å²) in [5.41, 5.74) is 0.610. The number of likely N-dealkylation sites (N-methyl/N-ethyl adjacent to an activating group) is 1. The van der Waals surface area contributed by atoms with Crippen LogP contribution in [0.3, 0.4) is 0 Å². The van der Waals surface area contributed by atoms with E-state index in [0.29, 0.717) is 18.0 Å². The van der Waals surface area contributed by atoms with E-state index in [9.17, 15) is 9.59 Å². The Balaban J connectivity index is 2.39. The van der Waals surface area contributed by atoms with E-state index in [4.69, 9.17) is 4.74 Å². The molecule has 2 amide bonds. The Morgan fingerprint density at radius 2 is 1.95 bits per heavy atom. The maximum absolute atomic E-state index is 11.7. The Kier molecular flexibility index (Phi) is 6.52. The van der Waals surface area contributed by atoms with Gasteiger partial charge in [-0.05, 0) is 19.1 Å². The minimum absolute atomic E-state index is 0.0439. The van der Waals surface area contributed by atoms with Gasteiger partial charge in [0.05, 0.1) is 25.9 Å². The minimum Gasteiger partial charge on any atom is -0.495 e. The number of hydrogen-bond acceptors (Lipinski definition) is 4. The van der Waals surface area contributed by atoms with Crippen LogP contribution in [0.4, 0.5) is 5.69 Å². The second-order valence-corrected chi connectivity index (χ2v) is 4.26. The number of carbonyl (C=O) groups is 2. The van der Waals surface area contributed by atoms with Crippen molar-refractivity contribution < 1.29 is 14.3 Å². The van der Waals surface area contributed by atoms with Crippen molar-refractivity contribution in [3.8, 4) is 5.75 Å². The maximum atomic E-state index is 11.7. The number of benzene rings is 1. The lowest BCUT2D eigenvalue weighted by Gasteiger charge is -2.15. The second kappa shape index (κ2) is 8.16. The molecule has 0 saturated heterocycles. The number of nitrogens with zero attached hydrogens (tertiary/aromatic N) is 1. The predicted molar refractivity (Wildman–Crippen MR) is 77.8 cm³/mol. The van der Waals surface area contributed by atoms with Gasteiger partial charge < -0.3 is 15.0 Å². The van der Waals surface area contributed by atoms with E-state index in [1.54, 1.807) is 31.2 Å². The third kappa shape index (κ3) is 4.89. The van der Waals surface area contributed by atoms with Crippen LogP contribution in [-0.2, 0) is 9.59 Å². The summed E-state index contributed by atoms with van der Waals surface area (Å²) < 4.78 is 5.14. The van der Waals surface area contributed by atoms with Crippen LogP contribution >= 0.6 is 0 Å². The molecule has 0 radical (unpaired) electrons. The van der Waals surface area contributed by atoms with E-state index in [-0.39, 0.29) is 24.9 Å². The molecule has 6 nitrogen and oxygen atoms in total. The maximum Gasteiger partial charge on any atom is 0.238 e. The molecule has 0 aliphatic heterocycles. The van der Waals surface area contributed by atoms with Gasteiger partial charge in [-0.1, -0.05) is 12.1 Å². The first-order chi connectivity index (χ1) is 9.58. The molecule has 20 heavy (non-hydrogen) atoms. The molecule has 0 atom stereocenters. The summed E-state index contributed by atoms with van der Waals surface area (Å²) >= 11 is 0. The summed E-state index contributed by atoms with van der Waals surface area (Å²) in [6.07, 6.45) is 0. The summed E-state index contributed by atoms with van der Waals surface area (Å²) in [5.74, 6) is 0.335. The molecule has 0 heterocycles. The van der Waals surface area contributed by atoms with Gasteiger partial charge in [0, 0.05) is 13.6 Å². The van der Waals surface area contributed by atoms with Gasteiger partial charge in [-0.25, -0.2) is 0 Å². The lowest BCUT2D eigenvalue weighted by Crippen LogP contribution is -2.38. The van der Waals surface area contributed by atoms with Crippen LogP contribution < -0.4 is 15.4 Å². The van der Waals surface area contributed by atoms with Crippen LogP contribution in [0.5, 0.6) is 5.75 Å². The van der Waals surface area contributed by atoms with E-state index in [1.165, 1.54) is 0 Å². The molecule has 1 aromatic rings. The van der Waals surface area contributed by atoms with Gasteiger partial charge in [0.2, 0.25) is 11.8 Å². The van der Waals surface area contributed by atoms with Crippen LogP contribution in [-0.4, -0.2) is 50.5 Å². The monoisotopic (exact) mass is 279 g/mol. The molecule has 1 aromatic carbocycles. The van der Waals surface area contributed by atoms with Crippen molar-refractivity contribution >= 4 is 17.5 Å². The number of methoxy groups -OCH3 is 1. The van der Waals surface area contributed by atoms with E-state index < -0.39 is 0 Å². The van der Waals surface area contributed by atoms with E-state index in [1.807, 2.05) is 19.1 Å². The van der Waals surface area contributed by atoms with Crippen molar-refractivity contribution in [2.75, 3.05) is 39.1 Å². The number of hydrogen-bond donors (Lipinski definition) is 2. The zero-order chi connectivity index (χ0) is 15.0. The Labute approximate surface area is 119 Å². The standard InChI is InChI=1S/C14H21N3O3/c1-4-17(2)14(19)10-15-9-13(18)16-11-7-5-6-8-12(11)20-3/h5-8,15H,4,9-10H2,1-3H3,(H,16,18). The molecular formula is C14H21N3O3. The van der Waals surface area contributed by atoms with Crippen LogP contribution in [0.1, 0.15) is 6.92 Å². The highest BCUT2D eigenvalue weighted by Gasteiger charge is 2.09. The molecule has 6 heteroatoms. The SMILES string of the molecule is CCN(C)C(=O)CNCC(=O)Nc1ccccc1OC. The van der Waals surface area contributed by atoms with E-state index in [2.05, 4.69) is 10.6 Å². The van der Waals surface area contributed by atoms with Gasteiger partial charge in [-0.3, -0.25) is 14.9 Å². The van der Waals surface area contributed by atoms with Crippen LogP contribution in [0.25, 0.3) is 0 Å². The average molecular weight is 279 g/mol. The average Bonchev–Trinajstić information content (AvgIpc) is 2.46. The van der Waals surface area contributed by atoms with Crippen LogP contribution in [0.15, 0.2) is 24.3 Å². The third-order valence-corrected chi connectivity index (χ3v) is 2.84. The lowest BCUT2D eigenvalue weighted by atomic mass is 10.3. The van der Waals surface area contributed by atoms with Gasteiger partial charge in [0.25, 0.3) is 0 Å². The second-order valence-electron chi connectivity index (χ2n) is 4.26. The minimum atomic E-state index is -0.221. The highest BCUT2D eigenvalue weighted by atomic mass is 16.5. The summed E-state index contributed by atoms with van der Waals surface area (Å²) in [6, 6.07) is 7.16. The highest BCUT2D eigenvalue weighted by molar-refractivity contribution is 5.94. The molecule has 0 spiro atoms. The molecule has 0 saturated carbocycles. The van der Waals surface area contributed by atoms with Crippen LogP contribution in [0, 0.1) is 0 Å². The van der Waals surface area contributed by atoms with Crippen LogP contribution in [0.2, 0.25) is 0 Å². The first-order valence-electron chi connectivity index (χ1n) is 6.46. The first-order valence-corrected chi connectivity index (χ1v) is 6.46. The van der Waals surface area contributed by atoms with Crippen molar-refractivity contribution in [3.63, 3.8) is 0 Å². The fourth-order valence-electron chi connectivity index (χ4n) is 1.54. The summed E-state index contributed by atoms with van der Waals surface area (Å²) in [4.78, 5) is 24.9. The highest BCUT2D eigenvalue weighted by Crippen LogP contribution is 2.22. The normalized spacial score (nSPS) is 9.95. The van der Waals surface area contributed by atoms with Gasteiger partial charge in [-0.15, -0.1) is 0 Å². The van der Waals surface area contributed by atoms with Crippen molar-refractivity contribution in [3.05, 3.63) is 24.3 Å². The number of amides is 2. The van der Waals surface area contributed by atoms with Gasteiger partial charge in [-0.2, -0.15) is 0 Å². The van der Waals surface area contributed by atoms with E-state index >= 15 is 0 Å². The summed E-state index contributed by atoms with van der Waals surface area (Å²) in [6.45, 7) is 2.76. The molecular weight excluding hydrogens is 258 g/mol. The van der Waals surface area contributed by atoms with Crippen molar-refractivity contribution in [2.45, 2.75) is 6.92 Å². The molecule has 0 fully saturated rings. The van der Waals surface area contributed by atoms with Crippen molar-refractivity contribution in [2.24, 2.45) is 0 Å². The molecule has 2 N–H and O–H groups in total. The first kappa shape index (κ1) is 16.0. The molecule has 1 rings (SSSR count). The van der Waals surface area contributed by atoms with Gasteiger partial charge in [0.15, 0.2) is 0 Å². The third-order valence-electron chi connectivity index (χ3n) is 2.84. The largest absolute Gasteiger partial charge is 0.495 e. The summed E-state index contributed by atoms with van der Waals surface area (Å²) in [5, 5.41) is 5.54. The number of ether oxygens (including phenoxy) is 1. The van der Waals surface area contributed by atoms with Crippen molar-refractivity contribution in [1.29, 1.82) is 0 Å². The zero-order valence-corrected chi connectivity index (χ0v) is 12.1. The Morgan fingerprint density at radius 3 is 2.60 bits per heavy atom. The molecule has 0 bridgehead atoms. The lowest BCUT2D eigenvalue weighted by molar-refractivity contribution is -0.128. The van der Waals surface area contributed by atoms with Gasteiger partial charge in [0.1, 0.15) is 5.75 Å². The zero-order valence-electron chi connectivity index (χ0n) is 12.1. The fourth-order valence-corrected chi connectivity index (χ4v) is 1.54.